The van der Waals surface area contributed by atoms with Crippen LogP contribution in [-0.4, -0.2) is 0 Å². The van der Waals surface area contributed by atoms with Gasteiger partial charge in [0.25, 0.3) is 0 Å². The molecular weight excluding hydrogens is 151 g/mol. The molecule has 0 spiro atoms. The molecule has 2 N–H and O–H groups in total. The van der Waals surface area contributed by atoms with E-state index in [1.807, 2.05) is 0 Å². The van der Waals surface area contributed by atoms with E-state index in [4.69, 9.17) is 5.73 Å². The monoisotopic (exact) mass is 156 g/mol. The van der Waals surface area contributed by atoms with E-state index in [0.29, 0.717) is 0 Å². The second-order valence-corrected chi connectivity index (χ2v) is 1.85. The summed E-state index contributed by atoms with van der Waals surface area (Å²) in [5.74, 6) is -0.429. The molecule has 0 unspecified atom stereocenters. The van der Waals surface area contributed by atoms with Gasteiger partial charge in [-0.3, -0.25) is 0 Å². The molecule has 0 aliphatic rings. The molecule has 0 amide bonds. The minimum Gasteiger partial charge on any atom is -0.396 e. The predicted octanol–water partition coefficient (Wildman–Crippen LogP) is 1.47. The van der Waals surface area contributed by atoms with Gasteiger partial charge in [0, 0.05) is 6.07 Å². The molecule has 1 aromatic carbocycles. The zero-order valence-electron chi connectivity index (χ0n) is 5.45. The van der Waals surface area contributed by atoms with E-state index in [9.17, 15) is 9.30 Å². The molecule has 0 saturated heterocycles. The van der Waals surface area contributed by atoms with Crippen molar-refractivity contribution in [2.24, 2.45) is 5.34 Å². The lowest BCUT2D eigenvalue weighted by Crippen LogP contribution is -1.91. The molecule has 4 nitrogen and oxygen atoms in total. The lowest BCUT2D eigenvalue weighted by atomic mass is 10.3. The van der Waals surface area contributed by atoms with Crippen molar-refractivity contribution >= 4 is 5.69 Å². The van der Waals surface area contributed by atoms with Gasteiger partial charge in [-0.1, -0.05) is 0 Å². The van der Waals surface area contributed by atoms with Crippen molar-refractivity contribution in [3.8, 4) is 5.75 Å². The van der Waals surface area contributed by atoms with E-state index < -0.39 is 5.82 Å². The van der Waals surface area contributed by atoms with Crippen molar-refractivity contribution in [3.05, 3.63) is 28.9 Å². The van der Waals surface area contributed by atoms with E-state index in [-0.39, 0.29) is 11.4 Å². The Kier molecular flexibility index (Phi) is 2.00. The molecule has 1 aromatic rings. The fraction of sp³-hybridized carbons (Fsp3) is 0. The molecule has 0 heterocycles. The molecular formula is C6H5FN2O2. The van der Waals surface area contributed by atoms with E-state index in [1.54, 1.807) is 0 Å². The summed E-state index contributed by atoms with van der Waals surface area (Å²) in [5.41, 5.74) is 5.29. The first-order valence-electron chi connectivity index (χ1n) is 2.78. The molecule has 0 saturated carbocycles. The largest absolute Gasteiger partial charge is 0.396 e. The van der Waals surface area contributed by atoms with Crippen LogP contribution >= 0.6 is 0 Å². The van der Waals surface area contributed by atoms with Crippen LogP contribution in [0.3, 0.4) is 0 Å². The maximum atomic E-state index is 12.3. The van der Waals surface area contributed by atoms with Crippen LogP contribution in [0.15, 0.2) is 23.5 Å². The molecule has 0 aliphatic carbocycles. The van der Waals surface area contributed by atoms with E-state index in [1.165, 1.54) is 6.07 Å². The van der Waals surface area contributed by atoms with Gasteiger partial charge in [0.1, 0.15) is 5.82 Å². The van der Waals surface area contributed by atoms with Gasteiger partial charge in [-0.05, 0) is 12.1 Å². The van der Waals surface area contributed by atoms with Crippen LogP contribution in [-0.2, 0) is 0 Å². The SMILES string of the molecule is Nc1cc(F)ccc1ON=O. The van der Waals surface area contributed by atoms with Crippen molar-refractivity contribution in [3.63, 3.8) is 0 Å². The Labute approximate surface area is 61.7 Å². The Morgan fingerprint density at radius 3 is 2.82 bits per heavy atom. The molecule has 0 aliphatic heterocycles. The molecule has 1 rings (SSSR count). The molecule has 11 heavy (non-hydrogen) atoms. The third-order valence-electron chi connectivity index (χ3n) is 1.11. The molecule has 0 radical (unpaired) electrons. The molecule has 5 heteroatoms. The third kappa shape index (κ3) is 1.64. The number of benzene rings is 1. The highest BCUT2D eigenvalue weighted by atomic mass is 19.1. The lowest BCUT2D eigenvalue weighted by molar-refractivity contribution is 0.336. The normalized spacial score (nSPS) is 9.18. The number of nitrogens with zero attached hydrogens (tertiary/aromatic N) is 1. The highest BCUT2D eigenvalue weighted by Crippen LogP contribution is 2.21. The smallest absolute Gasteiger partial charge is 0.184 e. The van der Waals surface area contributed by atoms with Crippen LogP contribution in [0.5, 0.6) is 5.75 Å². The first kappa shape index (κ1) is 7.46. The Hall–Kier alpha value is -1.65. The first-order valence-corrected chi connectivity index (χ1v) is 2.78. The Morgan fingerprint density at radius 1 is 1.55 bits per heavy atom. The summed E-state index contributed by atoms with van der Waals surface area (Å²) in [6.07, 6.45) is 0. The van der Waals surface area contributed by atoms with E-state index >= 15 is 0 Å². The minimum atomic E-state index is -0.485. The number of nitrogens with two attached hydrogens (primary N) is 1. The molecule has 0 atom stereocenters. The average molecular weight is 156 g/mol. The van der Waals surface area contributed by atoms with Crippen molar-refractivity contribution < 1.29 is 9.23 Å². The zero-order valence-corrected chi connectivity index (χ0v) is 5.45. The van der Waals surface area contributed by atoms with Crippen LogP contribution in [0, 0.1) is 10.7 Å². The fourth-order valence-electron chi connectivity index (χ4n) is 0.643. The highest BCUT2D eigenvalue weighted by molar-refractivity contribution is 5.52. The summed E-state index contributed by atoms with van der Waals surface area (Å²) in [4.78, 5) is 13.8. The zero-order chi connectivity index (χ0) is 8.27. The van der Waals surface area contributed by atoms with Gasteiger partial charge in [-0.15, -0.1) is 4.91 Å². The van der Waals surface area contributed by atoms with Crippen LogP contribution < -0.4 is 10.6 Å². The Balaban J connectivity index is 2.98. The van der Waals surface area contributed by atoms with Crippen molar-refractivity contribution in [2.75, 3.05) is 5.73 Å². The summed E-state index contributed by atoms with van der Waals surface area (Å²) in [5, 5.41) is 2.14. The number of anilines is 1. The molecule has 0 bridgehead atoms. The van der Waals surface area contributed by atoms with E-state index in [2.05, 4.69) is 10.2 Å². The van der Waals surface area contributed by atoms with Gasteiger partial charge in [0.05, 0.1) is 5.69 Å². The maximum Gasteiger partial charge on any atom is 0.184 e. The van der Waals surface area contributed by atoms with Gasteiger partial charge in [-0.2, -0.15) is 0 Å². The number of halogens is 1. The second-order valence-electron chi connectivity index (χ2n) is 1.85. The lowest BCUT2D eigenvalue weighted by Gasteiger charge is -1.98. The maximum absolute atomic E-state index is 12.3. The number of hydrogen-bond acceptors (Lipinski definition) is 4. The van der Waals surface area contributed by atoms with Gasteiger partial charge < -0.3 is 10.6 Å². The Bertz CT molecular complexity index is 277. The summed E-state index contributed by atoms with van der Waals surface area (Å²) in [6.45, 7) is 0. The topological polar surface area (TPSA) is 64.7 Å². The third-order valence-corrected chi connectivity index (χ3v) is 1.11. The second kappa shape index (κ2) is 2.96. The average Bonchev–Trinajstić information content (AvgIpc) is 1.95. The number of rotatable bonds is 2. The predicted molar refractivity (Wildman–Crippen MR) is 37.2 cm³/mol. The van der Waals surface area contributed by atoms with Crippen molar-refractivity contribution in [1.82, 2.24) is 0 Å². The van der Waals surface area contributed by atoms with Crippen LogP contribution in [0.1, 0.15) is 0 Å². The van der Waals surface area contributed by atoms with Crippen molar-refractivity contribution in [1.29, 1.82) is 0 Å². The van der Waals surface area contributed by atoms with Crippen LogP contribution in [0.2, 0.25) is 0 Å². The van der Waals surface area contributed by atoms with Crippen LogP contribution in [0.25, 0.3) is 0 Å². The van der Waals surface area contributed by atoms with Gasteiger partial charge in [0.15, 0.2) is 11.1 Å². The minimum absolute atomic E-state index is 0.0459. The van der Waals surface area contributed by atoms with Gasteiger partial charge in [-0.25, -0.2) is 4.39 Å². The summed E-state index contributed by atoms with van der Waals surface area (Å²) in [6, 6.07) is 3.39. The molecule has 0 fully saturated rings. The molecule has 0 aromatic heterocycles. The summed E-state index contributed by atoms with van der Waals surface area (Å²) < 4.78 is 12.3. The van der Waals surface area contributed by atoms with Gasteiger partial charge >= 0.3 is 0 Å². The standard InChI is InChI=1S/C6H5FN2O2/c7-4-1-2-6(11-9-10)5(8)3-4/h1-3H,8H2. The van der Waals surface area contributed by atoms with E-state index in [0.717, 1.165) is 12.1 Å². The highest BCUT2D eigenvalue weighted by Gasteiger charge is 2.01. The summed E-state index contributed by atoms with van der Waals surface area (Å²) in [7, 11) is 0. The summed E-state index contributed by atoms with van der Waals surface area (Å²) >= 11 is 0. The quantitative estimate of drug-likeness (QED) is 0.400. The molecule has 58 valence electrons. The Morgan fingerprint density at radius 2 is 2.27 bits per heavy atom. The first-order chi connectivity index (χ1) is 5.24. The number of hydrogen-bond donors (Lipinski definition) is 1. The van der Waals surface area contributed by atoms with Crippen molar-refractivity contribution in [2.45, 2.75) is 0 Å². The fourth-order valence-corrected chi connectivity index (χ4v) is 0.643. The van der Waals surface area contributed by atoms with Gasteiger partial charge in [0.2, 0.25) is 0 Å². The number of nitrogen functional groups attached to an aromatic ring is 1. The van der Waals surface area contributed by atoms with Crippen LogP contribution in [0.4, 0.5) is 10.1 Å².